The predicted octanol–water partition coefficient (Wildman–Crippen LogP) is 5.27. The molecule has 0 aliphatic carbocycles. The van der Waals surface area contributed by atoms with Gasteiger partial charge in [0.2, 0.25) is 0 Å². The highest BCUT2D eigenvalue weighted by atomic mass is 79.9. The van der Waals surface area contributed by atoms with Crippen molar-refractivity contribution in [2.24, 2.45) is 5.92 Å². The molecule has 0 aliphatic heterocycles. The molecule has 0 heterocycles. The molecule has 0 aromatic heterocycles. The molecular formula is C17H20BrNO. The summed E-state index contributed by atoms with van der Waals surface area (Å²) in [4.78, 5) is 0. The van der Waals surface area contributed by atoms with Crippen molar-refractivity contribution >= 4 is 21.6 Å². The highest BCUT2D eigenvalue weighted by molar-refractivity contribution is 9.10. The minimum Gasteiger partial charge on any atom is -0.495 e. The third-order valence-electron chi connectivity index (χ3n) is 3.30. The van der Waals surface area contributed by atoms with E-state index in [-0.39, 0.29) is 6.04 Å². The largest absolute Gasteiger partial charge is 0.495 e. The summed E-state index contributed by atoms with van der Waals surface area (Å²) in [5.41, 5.74) is 2.36. The lowest BCUT2D eigenvalue weighted by molar-refractivity contribution is 0.412. The zero-order valence-corrected chi connectivity index (χ0v) is 13.6. The third kappa shape index (κ3) is 3.54. The summed E-state index contributed by atoms with van der Waals surface area (Å²) in [5.74, 6) is 1.33. The zero-order valence-electron chi connectivity index (χ0n) is 12.1. The van der Waals surface area contributed by atoms with Crippen molar-refractivity contribution in [2.75, 3.05) is 12.4 Å². The lowest BCUT2D eigenvalue weighted by Crippen LogP contribution is -2.16. The third-order valence-corrected chi connectivity index (χ3v) is 3.95. The van der Waals surface area contributed by atoms with Gasteiger partial charge >= 0.3 is 0 Å². The summed E-state index contributed by atoms with van der Waals surface area (Å²) in [6.45, 7) is 4.45. The summed E-state index contributed by atoms with van der Waals surface area (Å²) in [6.07, 6.45) is 0. The Labute approximate surface area is 129 Å². The first-order valence-electron chi connectivity index (χ1n) is 6.77. The number of hydrogen-bond acceptors (Lipinski definition) is 2. The number of methoxy groups -OCH3 is 1. The van der Waals surface area contributed by atoms with Gasteiger partial charge in [-0.15, -0.1) is 0 Å². The van der Waals surface area contributed by atoms with Crippen molar-refractivity contribution < 1.29 is 4.74 Å². The van der Waals surface area contributed by atoms with Crippen LogP contribution in [0.25, 0.3) is 0 Å². The van der Waals surface area contributed by atoms with Gasteiger partial charge in [0.15, 0.2) is 0 Å². The highest BCUT2D eigenvalue weighted by Crippen LogP contribution is 2.31. The first-order chi connectivity index (χ1) is 9.61. The van der Waals surface area contributed by atoms with E-state index in [0.29, 0.717) is 5.92 Å². The SMILES string of the molecule is COc1cc(NC(c2ccccc2)C(C)C)ccc1Br. The number of rotatable bonds is 5. The van der Waals surface area contributed by atoms with Crippen LogP contribution in [0.3, 0.4) is 0 Å². The molecule has 3 heteroatoms. The van der Waals surface area contributed by atoms with Crippen LogP contribution in [0, 0.1) is 5.92 Å². The molecule has 0 aliphatic rings. The Balaban J connectivity index is 2.25. The fourth-order valence-electron chi connectivity index (χ4n) is 2.22. The summed E-state index contributed by atoms with van der Waals surface area (Å²) in [7, 11) is 1.68. The molecule has 0 fully saturated rings. The Bertz CT molecular complexity index is 554. The Morgan fingerprint density at radius 1 is 1.05 bits per heavy atom. The van der Waals surface area contributed by atoms with E-state index in [1.807, 2.05) is 18.2 Å². The van der Waals surface area contributed by atoms with E-state index in [9.17, 15) is 0 Å². The minimum atomic E-state index is 0.280. The van der Waals surface area contributed by atoms with Crippen LogP contribution in [-0.2, 0) is 0 Å². The van der Waals surface area contributed by atoms with Gasteiger partial charge in [-0.1, -0.05) is 44.2 Å². The molecule has 0 saturated carbocycles. The Hall–Kier alpha value is -1.48. The fourth-order valence-corrected chi connectivity index (χ4v) is 2.63. The number of benzene rings is 2. The maximum Gasteiger partial charge on any atom is 0.135 e. The van der Waals surface area contributed by atoms with Gasteiger partial charge in [-0.05, 0) is 39.5 Å². The summed E-state index contributed by atoms with van der Waals surface area (Å²) in [5, 5.41) is 3.60. The second-order valence-corrected chi connectivity index (χ2v) is 5.98. The molecule has 0 amide bonds. The molecular weight excluding hydrogens is 314 g/mol. The van der Waals surface area contributed by atoms with Gasteiger partial charge in [0, 0.05) is 11.8 Å². The predicted molar refractivity (Wildman–Crippen MR) is 88.3 cm³/mol. The Morgan fingerprint density at radius 3 is 2.35 bits per heavy atom. The maximum atomic E-state index is 5.35. The summed E-state index contributed by atoms with van der Waals surface area (Å²) >= 11 is 3.48. The molecule has 0 radical (unpaired) electrons. The average molecular weight is 334 g/mol. The van der Waals surface area contributed by atoms with E-state index in [0.717, 1.165) is 15.9 Å². The molecule has 0 bridgehead atoms. The van der Waals surface area contributed by atoms with Gasteiger partial charge in [0.1, 0.15) is 5.75 Å². The van der Waals surface area contributed by atoms with E-state index in [2.05, 4.69) is 65.4 Å². The average Bonchev–Trinajstić information content (AvgIpc) is 2.47. The molecule has 0 spiro atoms. The lowest BCUT2D eigenvalue weighted by Gasteiger charge is -2.24. The molecule has 2 nitrogen and oxygen atoms in total. The van der Waals surface area contributed by atoms with Gasteiger partial charge in [-0.25, -0.2) is 0 Å². The van der Waals surface area contributed by atoms with Crippen LogP contribution in [0.1, 0.15) is 25.5 Å². The molecule has 2 aromatic rings. The lowest BCUT2D eigenvalue weighted by atomic mass is 9.96. The van der Waals surface area contributed by atoms with E-state index >= 15 is 0 Å². The molecule has 20 heavy (non-hydrogen) atoms. The van der Waals surface area contributed by atoms with Crippen LogP contribution in [0.15, 0.2) is 53.0 Å². The van der Waals surface area contributed by atoms with Crippen molar-refractivity contribution in [3.63, 3.8) is 0 Å². The zero-order chi connectivity index (χ0) is 14.5. The fraction of sp³-hybridized carbons (Fsp3) is 0.294. The number of anilines is 1. The molecule has 106 valence electrons. The number of hydrogen-bond donors (Lipinski definition) is 1. The molecule has 0 saturated heterocycles. The van der Waals surface area contributed by atoms with Crippen molar-refractivity contribution in [3.8, 4) is 5.75 Å². The van der Waals surface area contributed by atoms with Crippen molar-refractivity contribution in [1.82, 2.24) is 0 Å². The first kappa shape index (κ1) is 14.9. The monoisotopic (exact) mass is 333 g/mol. The number of halogens is 1. The van der Waals surface area contributed by atoms with Crippen LogP contribution in [0.2, 0.25) is 0 Å². The van der Waals surface area contributed by atoms with E-state index in [1.54, 1.807) is 7.11 Å². The summed E-state index contributed by atoms with van der Waals surface area (Å²) in [6, 6.07) is 16.9. The van der Waals surface area contributed by atoms with Gasteiger partial charge in [-0.3, -0.25) is 0 Å². The van der Waals surface area contributed by atoms with Gasteiger partial charge in [0.25, 0.3) is 0 Å². The number of ether oxygens (including phenoxy) is 1. The number of nitrogens with one attached hydrogen (secondary N) is 1. The summed E-state index contributed by atoms with van der Waals surface area (Å²) < 4.78 is 6.31. The van der Waals surface area contributed by atoms with Crippen LogP contribution < -0.4 is 10.1 Å². The van der Waals surface area contributed by atoms with Crippen molar-refractivity contribution in [3.05, 3.63) is 58.6 Å². The topological polar surface area (TPSA) is 21.3 Å². The molecule has 1 atom stereocenters. The minimum absolute atomic E-state index is 0.280. The molecule has 1 unspecified atom stereocenters. The van der Waals surface area contributed by atoms with E-state index in [4.69, 9.17) is 4.74 Å². The van der Waals surface area contributed by atoms with Gasteiger partial charge < -0.3 is 10.1 Å². The second-order valence-electron chi connectivity index (χ2n) is 5.13. The Kier molecular flexibility index (Phi) is 5.07. The van der Waals surface area contributed by atoms with Gasteiger partial charge in [0.05, 0.1) is 17.6 Å². The Morgan fingerprint density at radius 2 is 1.75 bits per heavy atom. The van der Waals surface area contributed by atoms with Gasteiger partial charge in [-0.2, -0.15) is 0 Å². The van der Waals surface area contributed by atoms with Crippen LogP contribution in [0.4, 0.5) is 5.69 Å². The van der Waals surface area contributed by atoms with Crippen LogP contribution in [-0.4, -0.2) is 7.11 Å². The quantitative estimate of drug-likeness (QED) is 0.804. The van der Waals surface area contributed by atoms with Crippen LogP contribution in [0.5, 0.6) is 5.75 Å². The van der Waals surface area contributed by atoms with E-state index < -0.39 is 0 Å². The van der Waals surface area contributed by atoms with Crippen molar-refractivity contribution in [2.45, 2.75) is 19.9 Å². The van der Waals surface area contributed by atoms with E-state index in [1.165, 1.54) is 5.56 Å². The van der Waals surface area contributed by atoms with Crippen LogP contribution >= 0.6 is 15.9 Å². The molecule has 2 rings (SSSR count). The highest BCUT2D eigenvalue weighted by Gasteiger charge is 2.15. The second kappa shape index (κ2) is 6.80. The molecule has 1 N–H and O–H groups in total. The standard InChI is InChI=1S/C17H20BrNO/c1-12(2)17(13-7-5-4-6-8-13)19-14-9-10-15(18)16(11-14)20-3/h4-12,17,19H,1-3H3. The van der Waals surface area contributed by atoms with Crippen molar-refractivity contribution in [1.29, 1.82) is 0 Å². The normalized spacial score (nSPS) is 12.2. The smallest absolute Gasteiger partial charge is 0.135 e. The maximum absolute atomic E-state index is 5.35. The molecule has 2 aromatic carbocycles. The first-order valence-corrected chi connectivity index (χ1v) is 7.56.